The van der Waals surface area contributed by atoms with Crippen LogP contribution in [0.2, 0.25) is 0 Å². The Morgan fingerprint density at radius 2 is 1.91 bits per heavy atom. The second kappa shape index (κ2) is 4.85. The summed E-state index contributed by atoms with van der Waals surface area (Å²) in [4.78, 5) is 11.6. The summed E-state index contributed by atoms with van der Waals surface area (Å²) in [5.41, 5.74) is 1.23. The van der Waals surface area contributed by atoms with Crippen LogP contribution >= 0.6 is 0 Å². The Morgan fingerprint density at radius 3 is 2.68 bits per heavy atom. The summed E-state index contributed by atoms with van der Waals surface area (Å²) in [7, 11) is 0. The predicted octanol–water partition coefficient (Wildman–Crippen LogP) is 5.04. The third-order valence-corrected chi connectivity index (χ3v) is 8.39. The van der Waals surface area contributed by atoms with Crippen LogP contribution in [0, 0.1) is 34.5 Å². The number of carbonyl (C=O) groups is 1. The molecule has 4 rings (SSSR count). The van der Waals surface area contributed by atoms with Gasteiger partial charge in [-0.25, -0.2) is 4.79 Å². The van der Waals surface area contributed by atoms with Gasteiger partial charge in [0.1, 0.15) is 0 Å². The molecule has 4 aliphatic carbocycles. The first-order valence-corrected chi connectivity index (χ1v) is 9.41. The number of carboxylic acid groups (broad SMARTS) is 1. The molecule has 0 spiro atoms. The third-order valence-electron chi connectivity index (χ3n) is 8.39. The maximum atomic E-state index is 11.6. The maximum absolute atomic E-state index is 11.6. The minimum atomic E-state index is -0.666. The Bertz CT molecular complexity index is 522. The number of aliphatic carboxylic acids is 1. The standard InChI is InChI=1S/C20H30O2/c1-19-11-4-3-5-13(19)6-7-14-15-8-9-17(18(21)22)20(15,2)12-10-16(14)19/h9,13-16H,3-8,10-12H2,1-2H3,(H,21,22)/t13?,14-,15-,16-,19-,20-/m0/s1. The molecule has 0 saturated heterocycles. The highest BCUT2D eigenvalue weighted by molar-refractivity contribution is 5.89. The molecule has 22 heavy (non-hydrogen) atoms. The van der Waals surface area contributed by atoms with E-state index >= 15 is 0 Å². The molecule has 0 amide bonds. The molecule has 0 aromatic rings. The van der Waals surface area contributed by atoms with Gasteiger partial charge in [0, 0.05) is 11.0 Å². The minimum absolute atomic E-state index is 0.0507. The second-order valence-electron chi connectivity index (χ2n) is 9.02. The van der Waals surface area contributed by atoms with E-state index in [0.717, 1.165) is 36.2 Å². The normalized spacial score (nSPS) is 50.5. The van der Waals surface area contributed by atoms with Crippen LogP contribution in [0.3, 0.4) is 0 Å². The number of hydrogen-bond acceptors (Lipinski definition) is 1. The molecule has 122 valence electrons. The molecule has 0 aromatic heterocycles. The molecule has 6 atom stereocenters. The number of hydrogen-bond donors (Lipinski definition) is 1. The highest BCUT2D eigenvalue weighted by Crippen LogP contribution is 2.66. The van der Waals surface area contributed by atoms with Crippen LogP contribution in [0.25, 0.3) is 0 Å². The van der Waals surface area contributed by atoms with E-state index in [4.69, 9.17) is 0 Å². The summed E-state index contributed by atoms with van der Waals surface area (Å²) in [5.74, 6) is 2.50. The van der Waals surface area contributed by atoms with E-state index in [0.29, 0.717) is 11.3 Å². The molecule has 0 aliphatic heterocycles. The van der Waals surface area contributed by atoms with E-state index in [1.807, 2.05) is 0 Å². The fraction of sp³-hybridized carbons (Fsp3) is 0.850. The molecule has 4 aliphatic rings. The molecule has 0 bridgehead atoms. The van der Waals surface area contributed by atoms with Gasteiger partial charge in [0.05, 0.1) is 0 Å². The van der Waals surface area contributed by atoms with Gasteiger partial charge in [-0.1, -0.05) is 32.8 Å². The van der Waals surface area contributed by atoms with E-state index in [-0.39, 0.29) is 5.41 Å². The van der Waals surface area contributed by atoms with E-state index in [1.54, 1.807) is 0 Å². The zero-order valence-electron chi connectivity index (χ0n) is 14.1. The lowest BCUT2D eigenvalue weighted by atomic mass is 9.45. The molecule has 3 saturated carbocycles. The van der Waals surface area contributed by atoms with E-state index in [2.05, 4.69) is 19.9 Å². The van der Waals surface area contributed by atoms with Gasteiger partial charge in [0.25, 0.3) is 0 Å². The molecule has 2 nitrogen and oxygen atoms in total. The number of allylic oxidation sites excluding steroid dienone is 1. The number of rotatable bonds is 1. The first-order valence-electron chi connectivity index (χ1n) is 9.41. The highest BCUT2D eigenvalue weighted by Gasteiger charge is 2.58. The summed E-state index contributed by atoms with van der Waals surface area (Å²) in [6.07, 6.45) is 13.9. The van der Waals surface area contributed by atoms with Gasteiger partial charge in [0.2, 0.25) is 0 Å². The summed E-state index contributed by atoms with van der Waals surface area (Å²) >= 11 is 0. The van der Waals surface area contributed by atoms with Crippen molar-refractivity contribution in [3.63, 3.8) is 0 Å². The summed E-state index contributed by atoms with van der Waals surface area (Å²) in [5, 5.41) is 9.58. The van der Waals surface area contributed by atoms with Gasteiger partial charge >= 0.3 is 5.97 Å². The van der Waals surface area contributed by atoms with Crippen LogP contribution in [-0.4, -0.2) is 11.1 Å². The van der Waals surface area contributed by atoms with Crippen LogP contribution in [-0.2, 0) is 4.79 Å². The Hall–Kier alpha value is -0.790. The highest BCUT2D eigenvalue weighted by atomic mass is 16.4. The summed E-state index contributed by atoms with van der Waals surface area (Å²) in [6, 6.07) is 0. The van der Waals surface area contributed by atoms with Crippen LogP contribution in [0.4, 0.5) is 0 Å². The Balaban J connectivity index is 1.64. The quantitative estimate of drug-likeness (QED) is 0.736. The Morgan fingerprint density at radius 1 is 1.09 bits per heavy atom. The first-order chi connectivity index (χ1) is 10.5. The smallest absolute Gasteiger partial charge is 0.331 e. The van der Waals surface area contributed by atoms with Crippen LogP contribution in [0.15, 0.2) is 11.6 Å². The zero-order valence-corrected chi connectivity index (χ0v) is 14.1. The van der Waals surface area contributed by atoms with E-state index in [1.165, 1.54) is 44.9 Å². The molecular weight excluding hydrogens is 272 g/mol. The van der Waals surface area contributed by atoms with Crippen LogP contribution in [0.1, 0.15) is 71.6 Å². The molecule has 2 heteroatoms. The van der Waals surface area contributed by atoms with Gasteiger partial charge in [-0.05, 0) is 74.0 Å². The SMILES string of the molecule is C[C@]12CCCCC1CC[C@@H]1[C@@H]2CC[C@]2(C)C(C(=O)O)=CC[C@@H]12. The second-order valence-corrected chi connectivity index (χ2v) is 9.02. The lowest BCUT2D eigenvalue weighted by Gasteiger charge is -2.60. The molecule has 0 aromatic carbocycles. The van der Waals surface area contributed by atoms with Crippen molar-refractivity contribution < 1.29 is 9.90 Å². The van der Waals surface area contributed by atoms with Gasteiger partial charge < -0.3 is 5.11 Å². The first kappa shape index (κ1) is 14.8. The van der Waals surface area contributed by atoms with E-state index in [9.17, 15) is 9.90 Å². The summed E-state index contributed by atoms with van der Waals surface area (Å²) < 4.78 is 0. The fourth-order valence-electron chi connectivity index (χ4n) is 7.19. The monoisotopic (exact) mass is 302 g/mol. The van der Waals surface area contributed by atoms with Crippen molar-refractivity contribution in [2.45, 2.75) is 71.6 Å². The average Bonchev–Trinajstić information content (AvgIpc) is 2.84. The number of fused-ring (bicyclic) bond motifs is 5. The van der Waals surface area contributed by atoms with Crippen molar-refractivity contribution in [2.75, 3.05) is 0 Å². The summed E-state index contributed by atoms with van der Waals surface area (Å²) in [6.45, 7) is 4.83. The Labute approximate surface area is 134 Å². The molecular formula is C20H30O2. The molecule has 0 radical (unpaired) electrons. The van der Waals surface area contributed by atoms with E-state index < -0.39 is 5.97 Å². The van der Waals surface area contributed by atoms with Gasteiger partial charge in [-0.2, -0.15) is 0 Å². The molecule has 0 heterocycles. The number of carboxylic acids is 1. The fourth-order valence-corrected chi connectivity index (χ4v) is 7.19. The molecule has 1 unspecified atom stereocenters. The largest absolute Gasteiger partial charge is 0.478 e. The van der Waals surface area contributed by atoms with Gasteiger partial charge in [0.15, 0.2) is 0 Å². The third kappa shape index (κ3) is 1.82. The van der Waals surface area contributed by atoms with Crippen molar-refractivity contribution in [1.29, 1.82) is 0 Å². The Kier molecular flexibility index (Phi) is 3.26. The lowest BCUT2D eigenvalue weighted by molar-refractivity contribution is -0.136. The van der Waals surface area contributed by atoms with Crippen LogP contribution < -0.4 is 0 Å². The molecule has 1 N–H and O–H groups in total. The van der Waals surface area contributed by atoms with Gasteiger partial charge in [-0.15, -0.1) is 0 Å². The van der Waals surface area contributed by atoms with Crippen molar-refractivity contribution in [3.05, 3.63) is 11.6 Å². The van der Waals surface area contributed by atoms with Gasteiger partial charge in [-0.3, -0.25) is 0 Å². The predicted molar refractivity (Wildman–Crippen MR) is 87.4 cm³/mol. The van der Waals surface area contributed by atoms with Crippen molar-refractivity contribution in [1.82, 2.24) is 0 Å². The zero-order chi connectivity index (χ0) is 15.5. The molecule has 3 fully saturated rings. The topological polar surface area (TPSA) is 37.3 Å². The van der Waals surface area contributed by atoms with Crippen molar-refractivity contribution >= 4 is 5.97 Å². The van der Waals surface area contributed by atoms with Crippen LogP contribution in [0.5, 0.6) is 0 Å². The van der Waals surface area contributed by atoms with Crippen molar-refractivity contribution in [2.24, 2.45) is 34.5 Å². The average molecular weight is 302 g/mol. The lowest BCUT2D eigenvalue weighted by Crippen LogP contribution is -2.52. The maximum Gasteiger partial charge on any atom is 0.331 e. The van der Waals surface area contributed by atoms with Crippen molar-refractivity contribution in [3.8, 4) is 0 Å². The minimum Gasteiger partial charge on any atom is -0.478 e.